The van der Waals surface area contributed by atoms with Gasteiger partial charge in [-0.2, -0.15) is 5.26 Å². The van der Waals surface area contributed by atoms with E-state index in [1.807, 2.05) is 24.3 Å². The summed E-state index contributed by atoms with van der Waals surface area (Å²) in [7, 11) is 0. The van der Waals surface area contributed by atoms with Crippen molar-refractivity contribution in [1.29, 1.82) is 5.26 Å². The highest BCUT2D eigenvalue weighted by Gasteiger charge is 2.07. The molecule has 4 nitrogen and oxygen atoms in total. The van der Waals surface area contributed by atoms with Gasteiger partial charge < -0.3 is 4.98 Å². The SMILES string of the molecule is N#Cc1ccnc(-c2cnc(CCc3ccccc3Cl)[nH]2)c1. The van der Waals surface area contributed by atoms with Crippen molar-refractivity contribution in [1.82, 2.24) is 15.0 Å². The second-order valence-electron chi connectivity index (χ2n) is 4.88. The largest absolute Gasteiger partial charge is 0.341 e. The Balaban J connectivity index is 1.74. The Morgan fingerprint density at radius 3 is 2.82 bits per heavy atom. The minimum Gasteiger partial charge on any atom is -0.341 e. The van der Waals surface area contributed by atoms with Gasteiger partial charge in [-0.1, -0.05) is 29.8 Å². The fraction of sp³-hybridized carbons (Fsp3) is 0.118. The Morgan fingerprint density at radius 1 is 1.14 bits per heavy atom. The number of H-pyrrole nitrogens is 1. The van der Waals surface area contributed by atoms with Crippen LogP contribution in [0.1, 0.15) is 17.0 Å². The number of imidazole rings is 1. The summed E-state index contributed by atoms with van der Waals surface area (Å²) in [6, 6.07) is 13.3. The molecule has 22 heavy (non-hydrogen) atoms. The van der Waals surface area contributed by atoms with Gasteiger partial charge in [-0.05, 0) is 30.2 Å². The first kappa shape index (κ1) is 14.3. The molecule has 0 aliphatic rings. The van der Waals surface area contributed by atoms with E-state index in [4.69, 9.17) is 16.9 Å². The number of hydrogen-bond donors (Lipinski definition) is 1. The standard InChI is InChI=1S/C17H13ClN4/c18-14-4-2-1-3-13(14)5-6-17-21-11-16(22-17)15-9-12(10-19)7-8-20-15/h1-4,7-9,11H,5-6H2,(H,21,22). The molecule has 0 radical (unpaired) electrons. The number of halogens is 1. The molecule has 3 rings (SSSR count). The van der Waals surface area contributed by atoms with Crippen LogP contribution in [0.2, 0.25) is 5.02 Å². The second kappa shape index (κ2) is 6.42. The zero-order chi connectivity index (χ0) is 15.4. The predicted molar refractivity (Wildman–Crippen MR) is 85.4 cm³/mol. The Morgan fingerprint density at radius 2 is 2.00 bits per heavy atom. The summed E-state index contributed by atoms with van der Waals surface area (Å²) in [5, 5.41) is 9.71. The first-order valence-corrected chi connectivity index (χ1v) is 7.28. The van der Waals surface area contributed by atoms with Gasteiger partial charge in [0.1, 0.15) is 5.82 Å². The van der Waals surface area contributed by atoms with E-state index in [1.54, 1.807) is 24.5 Å². The summed E-state index contributed by atoms with van der Waals surface area (Å²) in [4.78, 5) is 11.9. The zero-order valence-corrected chi connectivity index (χ0v) is 12.5. The Labute approximate surface area is 133 Å². The molecule has 0 spiro atoms. The molecule has 108 valence electrons. The quantitative estimate of drug-likeness (QED) is 0.797. The summed E-state index contributed by atoms with van der Waals surface area (Å²) in [5.74, 6) is 0.874. The van der Waals surface area contributed by atoms with E-state index in [2.05, 4.69) is 21.0 Å². The fourth-order valence-corrected chi connectivity index (χ4v) is 2.45. The maximum Gasteiger partial charge on any atom is 0.106 e. The van der Waals surface area contributed by atoms with Crippen molar-refractivity contribution in [2.24, 2.45) is 0 Å². The van der Waals surface area contributed by atoms with Crippen molar-refractivity contribution in [3.8, 4) is 17.5 Å². The van der Waals surface area contributed by atoms with Crippen LogP contribution >= 0.6 is 11.6 Å². The van der Waals surface area contributed by atoms with Crippen LogP contribution in [0, 0.1) is 11.3 Å². The van der Waals surface area contributed by atoms with E-state index >= 15 is 0 Å². The Bertz CT molecular complexity index is 832. The minimum absolute atomic E-state index is 0.581. The molecule has 0 fully saturated rings. The predicted octanol–water partition coefficient (Wildman–Crippen LogP) is 3.78. The van der Waals surface area contributed by atoms with Crippen LogP contribution in [0.15, 0.2) is 48.8 Å². The lowest BCUT2D eigenvalue weighted by Crippen LogP contribution is -1.94. The minimum atomic E-state index is 0.581. The van der Waals surface area contributed by atoms with E-state index < -0.39 is 0 Å². The second-order valence-corrected chi connectivity index (χ2v) is 5.28. The number of aromatic amines is 1. The van der Waals surface area contributed by atoms with E-state index in [1.165, 1.54) is 0 Å². The Hall–Kier alpha value is -2.64. The van der Waals surface area contributed by atoms with E-state index in [0.29, 0.717) is 5.56 Å². The highest BCUT2D eigenvalue weighted by atomic mass is 35.5. The molecule has 2 heterocycles. The van der Waals surface area contributed by atoms with Crippen molar-refractivity contribution in [3.63, 3.8) is 0 Å². The first-order valence-electron chi connectivity index (χ1n) is 6.90. The van der Waals surface area contributed by atoms with Gasteiger partial charge in [0.05, 0.1) is 29.2 Å². The molecule has 5 heteroatoms. The highest BCUT2D eigenvalue weighted by Crippen LogP contribution is 2.19. The van der Waals surface area contributed by atoms with Crippen LogP contribution < -0.4 is 0 Å². The van der Waals surface area contributed by atoms with Gasteiger partial charge in [0.15, 0.2) is 0 Å². The lowest BCUT2D eigenvalue weighted by molar-refractivity contribution is 0.885. The van der Waals surface area contributed by atoms with Gasteiger partial charge in [-0.3, -0.25) is 4.98 Å². The van der Waals surface area contributed by atoms with Crippen molar-refractivity contribution in [3.05, 3.63) is 70.8 Å². The van der Waals surface area contributed by atoms with Gasteiger partial charge in [0, 0.05) is 17.6 Å². The number of benzene rings is 1. The van der Waals surface area contributed by atoms with Gasteiger partial charge in [0.25, 0.3) is 0 Å². The number of hydrogen-bond acceptors (Lipinski definition) is 3. The molecule has 0 amide bonds. The van der Waals surface area contributed by atoms with Gasteiger partial charge in [-0.15, -0.1) is 0 Å². The fourth-order valence-electron chi connectivity index (χ4n) is 2.22. The maximum atomic E-state index is 8.93. The number of aromatic nitrogens is 3. The number of rotatable bonds is 4. The van der Waals surface area contributed by atoms with Gasteiger partial charge >= 0.3 is 0 Å². The third-order valence-corrected chi connectivity index (χ3v) is 3.75. The summed E-state index contributed by atoms with van der Waals surface area (Å²) in [6.07, 6.45) is 4.95. The number of nitrogens with zero attached hydrogens (tertiary/aromatic N) is 3. The molecule has 0 bridgehead atoms. The molecule has 0 atom stereocenters. The van der Waals surface area contributed by atoms with Gasteiger partial charge in [0.2, 0.25) is 0 Å². The average molecular weight is 309 g/mol. The maximum absolute atomic E-state index is 8.93. The molecule has 1 N–H and O–H groups in total. The van der Waals surface area contributed by atoms with Crippen molar-refractivity contribution in [2.45, 2.75) is 12.8 Å². The van der Waals surface area contributed by atoms with Crippen LogP contribution in [0.4, 0.5) is 0 Å². The lowest BCUT2D eigenvalue weighted by Gasteiger charge is -2.02. The topological polar surface area (TPSA) is 65.4 Å². The monoisotopic (exact) mass is 308 g/mol. The number of pyridine rings is 1. The normalized spacial score (nSPS) is 10.4. The molecular formula is C17H13ClN4. The summed E-state index contributed by atoms with van der Waals surface area (Å²) in [5.41, 5.74) is 3.21. The molecule has 1 aromatic carbocycles. The van der Waals surface area contributed by atoms with Gasteiger partial charge in [-0.25, -0.2) is 4.98 Å². The molecule has 3 aromatic rings. The van der Waals surface area contributed by atoms with Crippen LogP contribution in [0.25, 0.3) is 11.4 Å². The zero-order valence-electron chi connectivity index (χ0n) is 11.8. The average Bonchev–Trinajstić information content (AvgIpc) is 3.03. The van der Waals surface area contributed by atoms with E-state index in [0.717, 1.165) is 40.6 Å². The Kier molecular flexibility index (Phi) is 4.17. The van der Waals surface area contributed by atoms with Crippen LogP contribution in [0.5, 0.6) is 0 Å². The summed E-state index contributed by atoms with van der Waals surface area (Å²) < 4.78 is 0. The van der Waals surface area contributed by atoms with E-state index in [-0.39, 0.29) is 0 Å². The molecule has 0 unspecified atom stereocenters. The number of nitrogens with one attached hydrogen (secondary N) is 1. The molecule has 0 aliphatic heterocycles. The first-order chi connectivity index (χ1) is 10.8. The molecule has 0 aliphatic carbocycles. The van der Waals surface area contributed by atoms with Crippen molar-refractivity contribution >= 4 is 11.6 Å². The third kappa shape index (κ3) is 3.16. The molecular weight excluding hydrogens is 296 g/mol. The summed E-state index contributed by atoms with van der Waals surface area (Å²) >= 11 is 6.15. The van der Waals surface area contributed by atoms with Crippen LogP contribution in [-0.4, -0.2) is 15.0 Å². The van der Waals surface area contributed by atoms with Crippen molar-refractivity contribution in [2.75, 3.05) is 0 Å². The number of nitriles is 1. The summed E-state index contributed by atoms with van der Waals surface area (Å²) in [6.45, 7) is 0. The molecule has 0 saturated heterocycles. The van der Waals surface area contributed by atoms with Crippen LogP contribution in [0.3, 0.4) is 0 Å². The lowest BCUT2D eigenvalue weighted by atomic mass is 10.1. The van der Waals surface area contributed by atoms with Crippen LogP contribution in [-0.2, 0) is 12.8 Å². The highest BCUT2D eigenvalue weighted by molar-refractivity contribution is 6.31. The third-order valence-electron chi connectivity index (χ3n) is 3.38. The molecule has 2 aromatic heterocycles. The van der Waals surface area contributed by atoms with Crippen molar-refractivity contribution < 1.29 is 0 Å². The molecule has 0 saturated carbocycles. The number of aryl methyl sites for hydroxylation is 2. The smallest absolute Gasteiger partial charge is 0.106 e. The van der Waals surface area contributed by atoms with E-state index in [9.17, 15) is 0 Å².